The Balaban J connectivity index is 1.83. The third-order valence-corrected chi connectivity index (χ3v) is 3.93. The fourth-order valence-corrected chi connectivity index (χ4v) is 2.65. The third-order valence-electron chi connectivity index (χ3n) is 3.93. The van der Waals surface area contributed by atoms with Gasteiger partial charge in [-0.05, 0) is 45.1 Å². The highest BCUT2D eigenvalue weighted by Gasteiger charge is 2.43. The average molecular weight is 250 g/mol. The molecule has 1 heterocycles. The maximum Gasteiger partial charge on any atom is 0.235 e. The lowest BCUT2D eigenvalue weighted by Gasteiger charge is -2.31. The zero-order chi connectivity index (χ0) is 13.2. The number of carbonyl (C=O) groups is 1. The van der Waals surface area contributed by atoms with E-state index in [-0.39, 0.29) is 11.9 Å². The normalized spacial score (nSPS) is 28.2. The summed E-state index contributed by atoms with van der Waals surface area (Å²) in [5.41, 5.74) is 5.20. The molecule has 2 fully saturated rings. The summed E-state index contributed by atoms with van der Waals surface area (Å²) >= 11 is 0. The maximum absolute atomic E-state index is 12.0. The van der Waals surface area contributed by atoms with Gasteiger partial charge in [0, 0.05) is 12.6 Å². The molecule has 5 heteroatoms. The van der Waals surface area contributed by atoms with Crippen LogP contribution in [0.15, 0.2) is 0 Å². The van der Waals surface area contributed by atoms with Crippen LogP contribution in [0, 0.1) is 17.2 Å². The van der Waals surface area contributed by atoms with Crippen LogP contribution in [0.4, 0.5) is 0 Å². The number of nitriles is 1. The summed E-state index contributed by atoms with van der Waals surface area (Å²) in [7, 11) is 0. The Bertz CT molecular complexity index is 360. The highest BCUT2D eigenvalue weighted by molar-refractivity contribution is 5.79. The van der Waals surface area contributed by atoms with Gasteiger partial charge in [0.1, 0.15) is 5.54 Å². The number of amides is 1. The van der Waals surface area contributed by atoms with E-state index in [4.69, 9.17) is 5.73 Å². The van der Waals surface area contributed by atoms with E-state index in [9.17, 15) is 10.1 Å². The van der Waals surface area contributed by atoms with E-state index >= 15 is 0 Å². The van der Waals surface area contributed by atoms with Crippen LogP contribution in [0.5, 0.6) is 0 Å². The molecule has 5 nitrogen and oxygen atoms in total. The summed E-state index contributed by atoms with van der Waals surface area (Å²) in [6, 6.07) is 2.42. The van der Waals surface area contributed by atoms with Gasteiger partial charge in [0.05, 0.1) is 12.6 Å². The van der Waals surface area contributed by atoms with Gasteiger partial charge in [-0.15, -0.1) is 0 Å². The zero-order valence-corrected chi connectivity index (χ0v) is 11.0. The molecule has 1 aliphatic heterocycles. The van der Waals surface area contributed by atoms with Crippen molar-refractivity contribution in [3.63, 3.8) is 0 Å². The number of likely N-dealkylation sites (tertiary alicyclic amines) is 1. The Hall–Kier alpha value is -1.12. The Morgan fingerprint density at radius 1 is 1.56 bits per heavy atom. The molecule has 1 aliphatic carbocycles. The topological polar surface area (TPSA) is 82.2 Å². The van der Waals surface area contributed by atoms with Gasteiger partial charge < -0.3 is 11.1 Å². The first-order valence-corrected chi connectivity index (χ1v) is 6.73. The van der Waals surface area contributed by atoms with Crippen molar-refractivity contribution in [1.82, 2.24) is 10.2 Å². The molecule has 0 spiro atoms. The molecule has 18 heavy (non-hydrogen) atoms. The van der Waals surface area contributed by atoms with Crippen LogP contribution in [-0.4, -0.2) is 42.0 Å². The lowest BCUT2D eigenvalue weighted by Crippen LogP contribution is -2.52. The van der Waals surface area contributed by atoms with Crippen LogP contribution in [0.3, 0.4) is 0 Å². The largest absolute Gasteiger partial charge is 0.337 e. The highest BCUT2D eigenvalue weighted by Crippen LogP contribution is 2.39. The number of piperidine rings is 1. The standard InChI is InChI=1S/C13H22N4O/c1-13(9-14,10-4-5-10)16-12(18)8-17-6-2-3-11(15)7-17/h10-11H,2-8,15H2,1H3,(H,16,18). The van der Waals surface area contributed by atoms with Crippen molar-refractivity contribution in [2.24, 2.45) is 11.7 Å². The van der Waals surface area contributed by atoms with E-state index in [1.165, 1.54) is 0 Å². The molecule has 2 rings (SSSR count). The number of rotatable bonds is 4. The van der Waals surface area contributed by atoms with Crippen molar-refractivity contribution in [1.29, 1.82) is 5.26 Å². The summed E-state index contributed by atoms with van der Waals surface area (Å²) < 4.78 is 0. The van der Waals surface area contributed by atoms with Crippen molar-refractivity contribution in [2.75, 3.05) is 19.6 Å². The van der Waals surface area contributed by atoms with E-state index < -0.39 is 5.54 Å². The first kappa shape index (κ1) is 13.3. The van der Waals surface area contributed by atoms with Gasteiger partial charge in [0.15, 0.2) is 0 Å². The minimum Gasteiger partial charge on any atom is -0.337 e. The molecule has 100 valence electrons. The average Bonchev–Trinajstić information content (AvgIpc) is 3.12. The molecule has 0 aromatic heterocycles. The van der Waals surface area contributed by atoms with Gasteiger partial charge in [-0.2, -0.15) is 5.26 Å². The van der Waals surface area contributed by atoms with E-state index in [0.717, 1.165) is 38.8 Å². The summed E-state index contributed by atoms with van der Waals surface area (Å²) in [6.45, 7) is 3.89. The molecular weight excluding hydrogens is 228 g/mol. The second-order valence-corrected chi connectivity index (χ2v) is 5.77. The van der Waals surface area contributed by atoms with Gasteiger partial charge in [0.25, 0.3) is 0 Å². The third kappa shape index (κ3) is 3.21. The molecule has 1 saturated carbocycles. The number of nitrogens with one attached hydrogen (secondary N) is 1. The minimum absolute atomic E-state index is 0.0555. The molecule has 1 saturated heterocycles. The van der Waals surface area contributed by atoms with E-state index in [2.05, 4.69) is 16.3 Å². The lowest BCUT2D eigenvalue weighted by atomic mass is 9.98. The quantitative estimate of drug-likeness (QED) is 0.747. The molecule has 1 amide bonds. The fraction of sp³-hybridized carbons (Fsp3) is 0.846. The van der Waals surface area contributed by atoms with Gasteiger partial charge in [0.2, 0.25) is 5.91 Å². The van der Waals surface area contributed by atoms with Gasteiger partial charge in [-0.1, -0.05) is 0 Å². The van der Waals surface area contributed by atoms with Crippen LogP contribution in [0.25, 0.3) is 0 Å². The van der Waals surface area contributed by atoms with Crippen molar-refractivity contribution in [2.45, 2.75) is 44.2 Å². The van der Waals surface area contributed by atoms with Crippen molar-refractivity contribution in [3.05, 3.63) is 0 Å². The summed E-state index contributed by atoms with van der Waals surface area (Å²) in [5.74, 6) is 0.273. The highest BCUT2D eigenvalue weighted by atomic mass is 16.2. The second kappa shape index (κ2) is 5.25. The van der Waals surface area contributed by atoms with Crippen molar-refractivity contribution >= 4 is 5.91 Å². The van der Waals surface area contributed by atoms with Gasteiger partial charge in [-0.25, -0.2) is 0 Å². The number of hydrogen-bond donors (Lipinski definition) is 2. The Kier molecular flexibility index (Phi) is 3.88. The summed E-state index contributed by atoms with van der Waals surface area (Å²) in [6.07, 6.45) is 4.17. The van der Waals surface area contributed by atoms with Crippen LogP contribution in [0.2, 0.25) is 0 Å². The summed E-state index contributed by atoms with van der Waals surface area (Å²) in [5, 5.41) is 12.1. The molecule has 0 bridgehead atoms. The van der Waals surface area contributed by atoms with Crippen molar-refractivity contribution in [3.8, 4) is 6.07 Å². The first-order chi connectivity index (χ1) is 8.53. The SMILES string of the molecule is CC(C#N)(NC(=O)CN1CCCC(N)C1)C1CC1. The molecule has 2 unspecified atom stereocenters. The number of carbonyl (C=O) groups excluding carboxylic acids is 1. The number of hydrogen-bond acceptors (Lipinski definition) is 4. The molecule has 2 aliphatic rings. The number of nitrogens with two attached hydrogens (primary N) is 1. The lowest BCUT2D eigenvalue weighted by molar-refractivity contribution is -0.123. The van der Waals surface area contributed by atoms with Crippen LogP contribution < -0.4 is 11.1 Å². The molecule has 2 atom stereocenters. The fourth-order valence-electron chi connectivity index (χ4n) is 2.65. The first-order valence-electron chi connectivity index (χ1n) is 6.73. The molecule has 0 aromatic carbocycles. The van der Waals surface area contributed by atoms with Crippen LogP contribution >= 0.6 is 0 Å². The molecule has 0 aromatic rings. The van der Waals surface area contributed by atoms with E-state index in [1.54, 1.807) is 0 Å². The van der Waals surface area contributed by atoms with E-state index in [0.29, 0.717) is 12.5 Å². The smallest absolute Gasteiger partial charge is 0.235 e. The summed E-state index contributed by atoms with van der Waals surface area (Å²) in [4.78, 5) is 14.1. The predicted molar refractivity (Wildman–Crippen MR) is 68.5 cm³/mol. The molecular formula is C13H22N4O. The minimum atomic E-state index is -0.686. The van der Waals surface area contributed by atoms with Crippen molar-refractivity contribution < 1.29 is 4.79 Å². The van der Waals surface area contributed by atoms with Crippen LogP contribution in [-0.2, 0) is 4.79 Å². The van der Waals surface area contributed by atoms with Gasteiger partial charge in [-0.3, -0.25) is 9.69 Å². The monoisotopic (exact) mass is 250 g/mol. The maximum atomic E-state index is 12.0. The molecule has 3 N–H and O–H groups in total. The zero-order valence-electron chi connectivity index (χ0n) is 11.0. The van der Waals surface area contributed by atoms with Gasteiger partial charge >= 0.3 is 0 Å². The second-order valence-electron chi connectivity index (χ2n) is 5.77. The van der Waals surface area contributed by atoms with Crippen LogP contribution in [0.1, 0.15) is 32.6 Å². The Morgan fingerprint density at radius 2 is 2.28 bits per heavy atom. The Morgan fingerprint density at radius 3 is 2.83 bits per heavy atom. The van der Waals surface area contributed by atoms with E-state index in [1.807, 2.05) is 6.92 Å². The number of nitrogens with zero attached hydrogens (tertiary/aromatic N) is 2. The molecule has 0 radical (unpaired) electrons. The predicted octanol–water partition coefficient (Wildman–Crippen LogP) is 0.218. The Labute approximate surface area is 108 Å².